The summed E-state index contributed by atoms with van der Waals surface area (Å²) < 4.78 is 79.5. The molecule has 0 aliphatic carbocycles. The lowest BCUT2D eigenvalue weighted by atomic mass is 10.0. The third-order valence-corrected chi connectivity index (χ3v) is 5.04. The molecule has 0 atom stereocenters. The largest absolute Gasteiger partial charge is 0.416 e. The van der Waals surface area contributed by atoms with Crippen molar-refractivity contribution in [2.45, 2.75) is 19.3 Å². The van der Waals surface area contributed by atoms with Gasteiger partial charge in [0.15, 0.2) is 5.52 Å². The zero-order chi connectivity index (χ0) is 21.8. The molecule has 3 aromatic carbocycles. The highest BCUT2D eigenvalue weighted by Gasteiger charge is 2.32. The van der Waals surface area contributed by atoms with Gasteiger partial charge in [0.1, 0.15) is 6.20 Å². The van der Waals surface area contributed by atoms with Crippen LogP contribution in [-0.4, -0.2) is 4.98 Å². The average molecular weight is 421 g/mol. The third kappa shape index (κ3) is 3.46. The molecule has 0 aliphatic heterocycles. The highest BCUT2D eigenvalue weighted by Crippen LogP contribution is 2.35. The van der Waals surface area contributed by atoms with Gasteiger partial charge in [0.25, 0.3) is 0 Å². The molecule has 30 heavy (non-hydrogen) atoms. The second-order valence-corrected chi connectivity index (χ2v) is 7.13. The Labute approximate surface area is 167 Å². The van der Waals surface area contributed by atoms with Gasteiger partial charge in [-0.3, -0.25) is 0 Å². The molecular formula is C22H15F6N2+. The Hall–Kier alpha value is -3.16. The summed E-state index contributed by atoms with van der Waals surface area (Å²) in [5.74, 6) is 0.458. The van der Waals surface area contributed by atoms with Crippen molar-refractivity contribution in [1.82, 2.24) is 4.98 Å². The van der Waals surface area contributed by atoms with E-state index in [0.717, 1.165) is 24.3 Å². The van der Waals surface area contributed by atoms with Crippen LogP contribution in [-0.2, 0) is 19.4 Å². The van der Waals surface area contributed by atoms with E-state index in [0.29, 0.717) is 38.6 Å². The fraction of sp³-hybridized carbons (Fsp3) is 0.182. The number of halogens is 6. The van der Waals surface area contributed by atoms with E-state index in [1.165, 1.54) is 12.1 Å². The molecule has 0 radical (unpaired) electrons. The first kappa shape index (κ1) is 20.1. The van der Waals surface area contributed by atoms with Gasteiger partial charge in [-0.05, 0) is 70.7 Å². The van der Waals surface area contributed by atoms with Crippen LogP contribution in [0.15, 0.2) is 54.7 Å². The minimum Gasteiger partial charge on any atom is -0.232 e. The summed E-state index contributed by atoms with van der Waals surface area (Å²) in [6.45, 7) is 1.58. The van der Waals surface area contributed by atoms with Crippen LogP contribution in [0.5, 0.6) is 0 Å². The zero-order valence-corrected chi connectivity index (χ0v) is 15.9. The topological polar surface area (TPSA) is 16.8 Å². The van der Waals surface area contributed by atoms with E-state index in [-0.39, 0.29) is 0 Å². The molecule has 0 aliphatic rings. The van der Waals surface area contributed by atoms with Crippen molar-refractivity contribution in [2.75, 3.05) is 0 Å². The maximum Gasteiger partial charge on any atom is 0.416 e. The van der Waals surface area contributed by atoms with Gasteiger partial charge in [-0.1, -0.05) is 6.07 Å². The minimum atomic E-state index is -4.43. The highest BCUT2D eigenvalue weighted by molar-refractivity contribution is 6.05. The van der Waals surface area contributed by atoms with E-state index in [1.807, 2.05) is 0 Å². The molecule has 0 fully saturated rings. The Morgan fingerprint density at radius 1 is 0.767 bits per heavy atom. The molecule has 4 aromatic rings. The molecule has 0 amide bonds. The van der Waals surface area contributed by atoms with Gasteiger partial charge in [-0.2, -0.15) is 26.3 Å². The Morgan fingerprint density at radius 3 is 2.03 bits per heavy atom. The SMILES string of the molecule is Cc1cc(C(F)(F)F)ccc1-c1nc2ccc3cc(C(F)(F)F)ccc3c2c[n+]1C. The number of alkyl halides is 6. The van der Waals surface area contributed by atoms with Crippen molar-refractivity contribution in [2.24, 2.45) is 7.05 Å². The van der Waals surface area contributed by atoms with Crippen molar-refractivity contribution in [3.8, 4) is 11.4 Å². The van der Waals surface area contributed by atoms with E-state index in [1.54, 1.807) is 36.9 Å². The van der Waals surface area contributed by atoms with E-state index in [4.69, 9.17) is 0 Å². The summed E-state index contributed by atoms with van der Waals surface area (Å²) >= 11 is 0. The lowest BCUT2D eigenvalue weighted by Crippen LogP contribution is -2.32. The number of hydrogen-bond donors (Lipinski definition) is 0. The molecule has 1 aromatic heterocycles. The predicted molar refractivity (Wildman–Crippen MR) is 101 cm³/mol. The fourth-order valence-electron chi connectivity index (χ4n) is 3.54. The summed E-state index contributed by atoms with van der Waals surface area (Å²) in [6.07, 6.45) is -7.14. The van der Waals surface area contributed by atoms with Crippen LogP contribution in [0.25, 0.3) is 33.1 Å². The predicted octanol–water partition coefficient (Wildman–Crippen LogP) is 6.23. The van der Waals surface area contributed by atoms with Gasteiger partial charge in [-0.25, -0.2) is 4.57 Å². The first-order valence-corrected chi connectivity index (χ1v) is 8.94. The summed E-state index contributed by atoms with van der Waals surface area (Å²) in [6, 6.07) is 10.1. The van der Waals surface area contributed by atoms with E-state index >= 15 is 0 Å². The highest BCUT2D eigenvalue weighted by atomic mass is 19.4. The summed E-state index contributed by atoms with van der Waals surface area (Å²) in [7, 11) is 1.70. The van der Waals surface area contributed by atoms with Crippen molar-refractivity contribution in [3.63, 3.8) is 0 Å². The molecule has 0 unspecified atom stereocenters. The van der Waals surface area contributed by atoms with Gasteiger partial charge in [0, 0.05) is 0 Å². The van der Waals surface area contributed by atoms with Crippen LogP contribution in [0.4, 0.5) is 26.3 Å². The maximum atomic E-state index is 13.0. The molecule has 0 bridgehead atoms. The summed E-state index contributed by atoms with van der Waals surface area (Å²) in [5, 5.41) is 1.69. The second kappa shape index (κ2) is 6.68. The molecule has 0 N–H and O–H groups in total. The molecule has 2 nitrogen and oxygen atoms in total. The number of aromatic nitrogens is 2. The average Bonchev–Trinajstić information content (AvgIpc) is 2.66. The van der Waals surface area contributed by atoms with Crippen LogP contribution >= 0.6 is 0 Å². The van der Waals surface area contributed by atoms with Crippen molar-refractivity contribution in [1.29, 1.82) is 0 Å². The fourth-order valence-corrected chi connectivity index (χ4v) is 3.54. The van der Waals surface area contributed by atoms with E-state index < -0.39 is 23.5 Å². The van der Waals surface area contributed by atoms with Gasteiger partial charge in [0.2, 0.25) is 0 Å². The maximum absolute atomic E-state index is 13.0. The van der Waals surface area contributed by atoms with Gasteiger partial charge >= 0.3 is 18.2 Å². The van der Waals surface area contributed by atoms with E-state index in [2.05, 4.69) is 4.98 Å². The Kier molecular flexibility index (Phi) is 4.48. The van der Waals surface area contributed by atoms with Gasteiger partial charge in [0.05, 0.1) is 29.1 Å². The minimum absolute atomic E-state index is 0.419. The van der Waals surface area contributed by atoms with Crippen molar-refractivity contribution >= 4 is 21.7 Å². The molecule has 1 heterocycles. The Bertz CT molecular complexity index is 1290. The number of nitrogens with zero attached hydrogens (tertiary/aromatic N) is 2. The Balaban J connectivity index is 1.88. The normalized spacial score (nSPS) is 12.7. The quantitative estimate of drug-likeness (QED) is 0.202. The first-order valence-electron chi connectivity index (χ1n) is 8.94. The first-order chi connectivity index (χ1) is 13.9. The number of hydrogen-bond acceptors (Lipinski definition) is 1. The number of aryl methyl sites for hydroxylation is 2. The smallest absolute Gasteiger partial charge is 0.232 e. The van der Waals surface area contributed by atoms with Crippen LogP contribution in [0.2, 0.25) is 0 Å². The summed E-state index contributed by atoms with van der Waals surface area (Å²) in [4.78, 5) is 4.58. The van der Waals surface area contributed by atoms with E-state index in [9.17, 15) is 26.3 Å². The van der Waals surface area contributed by atoms with Crippen LogP contribution < -0.4 is 4.57 Å². The monoisotopic (exact) mass is 421 g/mol. The molecule has 8 heteroatoms. The number of benzene rings is 3. The zero-order valence-electron chi connectivity index (χ0n) is 15.9. The molecule has 4 rings (SSSR count). The second-order valence-electron chi connectivity index (χ2n) is 7.13. The van der Waals surface area contributed by atoms with Crippen molar-refractivity contribution < 1.29 is 30.9 Å². The molecule has 0 spiro atoms. The lowest BCUT2D eigenvalue weighted by Gasteiger charge is -2.11. The molecule has 0 saturated heterocycles. The van der Waals surface area contributed by atoms with Crippen LogP contribution in [0.1, 0.15) is 16.7 Å². The summed E-state index contributed by atoms with van der Waals surface area (Å²) in [5.41, 5.74) is 0.0276. The van der Waals surface area contributed by atoms with Gasteiger partial charge in [-0.15, -0.1) is 0 Å². The molecule has 154 valence electrons. The third-order valence-electron chi connectivity index (χ3n) is 5.04. The van der Waals surface area contributed by atoms with Gasteiger partial charge < -0.3 is 0 Å². The standard InChI is InChI=1S/C22H15F6N2/c1-12-9-14(21(23,24)25)4-6-16(12)20-29-19-8-3-13-10-15(22(26,27)28)5-7-17(13)18(19)11-30(20)2/h3-11H,1-2H3/q+1. The van der Waals surface area contributed by atoms with Crippen LogP contribution in [0.3, 0.4) is 0 Å². The van der Waals surface area contributed by atoms with Crippen LogP contribution in [0, 0.1) is 6.92 Å². The Morgan fingerprint density at radius 2 is 1.40 bits per heavy atom. The lowest BCUT2D eigenvalue weighted by molar-refractivity contribution is -0.661. The molecular weight excluding hydrogens is 406 g/mol. The van der Waals surface area contributed by atoms with Crippen molar-refractivity contribution in [3.05, 3.63) is 71.4 Å². The number of fused-ring (bicyclic) bond motifs is 3. The number of rotatable bonds is 1. The molecule has 0 saturated carbocycles.